The van der Waals surface area contributed by atoms with Gasteiger partial charge in [0, 0.05) is 44.0 Å². The van der Waals surface area contributed by atoms with Crippen molar-refractivity contribution in [2.75, 3.05) is 35.2 Å². The molecule has 1 unspecified atom stereocenters. The molecule has 0 spiro atoms. The second-order valence-electron chi connectivity index (χ2n) is 7.59. The minimum atomic E-state index is -0.348. The number of hydrogen-bond acceptors (Lipinski definition) is 7. The van der Waals surface area contributed by atoms with E-state index < -0.39 is 0 Å². The van der Waals surface area contributed by atoms with Crippen molar-refractivity contribution in [2.24, 2.45) is 5.92 Å². The van der Waals surface area contributed by atoms with E-state index in [0.717, 1.165) is 11.3 Å². The van der Waals surface area contributed by atoms with Gasteiger partial charge in [0.05, 0.1) is 5.92 Å². The van der Waals surface area contributed by atoms with Gasteiger partial charge in [-0.3, -0.25) is 9.59 Å². The highest BCUT2D eigenvalue weighted by Gasteiger charge is 2.34. The summed E-state index contributed by atoms with van der Waals surface area (Å²) in [6.45, 7) is 3.31. The van der Waals surface area contributed by atoms with Gasteiger partial charge >= 0.3 is 0 Å². The lowest BCUT2D eigenvalue weighted by Crippen LogP contribution is -2.35. The van der Waals surface area contributed by atoms with Crippen LogP contribution >= 0.6 is 0 Å². The van der Waals surface area contributed by atoms with Crippen molar-refractivity contribution in [3.05, 3.63) is 66.6 Å². The topological polar surface area (TPSA) is 112 Å². The molecule has 1 fully saturated rings. The molecule has 3 N–H and O–H groups in total. The molecule has 1 aliphatic rings. The van der Waals surface area contributed by atoms with Gasteiger partial charge < -0.3 is 20.9 Å². The van der Waals surface area contributed by atoms with Crippen LogP contribution in [0.15, 0.2) is 61.1 Å². The van der Waals surface area contributed by atoms with E-state index in [4.69, 9.17) is 0 Å². The van der Waals surface area contributed by atoms with Crippen LogP contribution in [0.4, 0.5) is 23.1 Å². The highest BCUT2D eigenvalue weighted by atomic mass is 16.2. The Morgan fingerprint density at radius 3 is 2.62 bits per heavy atom. The van der Waals surface area contributed by atoms with Gasteiger partial charge in [0.2, 0.25) is 11.8 Å². The predicted molar refractivity (Wildman–Crippen MR) is 123 cm³/mol. The number of para-hydroxylation sites is 1. The average Bonchev–Trinajstić information content (AvgIpc) is 3.19. The lowest BCUT2D eigenvalue weighted by Gasteiger charge is -2.16. The number of pyridine rings is 1. The summed E-state index contributed by atoms with van der Waals surface area (Å²) >= 11 is 0. The molecule has 0 radical (unpaired) electrons. The van der Waals surface area contributed by atoms with Crippen LogP contribution in [0.2, 0.25) is 0 Å². The van der Waals surface area contributed by atoms with E-state index >= 15 is 0 Å². The van der Waals surface area contributed by atoms with E-state index in [1.807, 2.05) is 49.4 Å². The van der Waals surface area contributed by atoms with Crippen LogP contribution in [0.3, 0.4) is 0 Å². The SMILES string of the molecule is Cc1ccnc(Nc2cc(NCCNC(=O)C3CC(=O)N(c4ccccc4)C3)ncn2)c1. The van der Waals surface area contributed by atoms with Gasteiger partial charge in [-0.25, -0.2) is 15.0 Å². The summed E-state index contributed by atoms with van der Waals surface area (Å²) in [6, 6.07) is 15.0. The van der Waals surface area contributed by atoms with Crippen LogP contribution in [0.25, 0.3) is 0 Å². The number of carbonyl (C=O) groups is 2. The van der Waals surface area contributed by atoms with Crippen LogP contribution < -0.4 is 20.9 Å². The molecule has 32 heavy (non-hydrogen) atoms. The van der Waals surface area contributed by atoms with Crippen LogP contribution in [0, 0.1) is 12.8 Å². The largest absolute Gasteiger partial charge is 0.368 e. The highest BCUT2D eigenvalue weighted by molar-refractivity contribution is 6.00. The molecule has 0 bridgehead atoms. The molecule has 0 saturated carbocycles. The van der Waals surface area contributed by atoms with Crippen LogP contribution in [0.5, 0.6) is 0 Å². The molecule has 4 rings (SSSR count). The number of benzene rings is 1. The van der Waals surface area contributed by atoms with Crippen molar-refractivity contribution in [2.45, 2.75) is 13.3 Å². The zero-order valence-corrected chi connectivity index (χ0v) is 17.8. The van der Waals surface area contributed by atoms with Crippen molar-refractivity contribution >= 4 is 35.0 Å². The van der Waals surface area contributed by atoms with Crippen LogP contribution in [0.1, 0.15) is 12.0 Å². The second kappa shape index (κ2) is 9.86. The summed E-state index contributed by atoms with van der Waals surface area (Å²) in [6.07, 6.45) is 3.42. The van der Waals surface area contributed by atoms with Crippen molar-refractivity contribution in [3.63, 3.8) is 0 Å². The van der Waals surface area contributed by atoms with E-state index in [2.05, 4.69) is 30.9 Å². The summed E-state index contributed by atoms with van der Waals surface area (Å²) in [7, 11) is 0. The first-order valence-electron chi connectivity index (χ1n) is 10.5. The molecule has 1 aliphatic heterocycles. The number of nitrogens with zero attached hydrogens (tertiary/aromatic N) is 4. The third-order valence-corrected chi connectivity index (χ3v) is 5.13. The summed E-state index contributed by atoms with van der Waals surface area (Å²) < 4.78 is 0. The van der Waals surface area contributed by atoms with Gasteiger partial charge in [-0.15, -0.1) is 0 Å². The number of nitrogens with one attached hydrogen (secondary N) is 3. The minimum absolute atomic E-state index is 0.0291. The Kier molecular flexibility index (Phi) is 6.54. The normalized spacial score (nSPS) is 15.5. The lowest BCUT2D eigenvalue weighted by molar-refractivity contribution is -0.126. The van der Waals surface area contributed by atoms with Gasteiger partial charge in [0.15, 0.2) is 0 Å². The molecule has 1 atom stereocenters. The number of aryl methyl sites for hydroxylation is 1. The standard InChI is InChI=1S/C23H25N7O2/c1-16-7-8-24-20(11-16)29-21-13-19(27-15-28-21)25-9-10-26-23(32)17-12-22(31)30(14-17)18-5-3-2-4-6-18/h2-8,11,13,15,17H,9-10,12,14H2,1H3,(H,26,32)(H2,24,25,27,28,29). The maximum absolute atomic E-state index is 12.5. The average molecular weight is 432 g/mol. The fourth-order valence-electron chi connectivity index (χ4n) is 3.52. The fraction of sp³-hybridized carbons (Fsp3) is 0.261. The minimum Gasteiger partial charge on any atom is -0.368 e. The summed E-state index contributed by atoms with van der Waals surface area (Å²) in [4.78, 5) is 39.1. The first-order chi connectivity index (χ1) is 15.6. The zero-order chi connectivity index (χ0) is 22.3. The van der Waals surface area contributed by atoms with E-state index in [1.165, 1.54) is 6.33 Å². The van der Waals surface area contributed by atoms with Gasteiger partial charge in [-0.05, 0) is 36.8 Å². The maximum atomic E-state index is 12.5. The molecule has 3 heterocycles. The van der Waals surface area contributed by atoms with E-state index in [0.29, 0.717) is 37.1 Å². The molecule has 164 valence electrons. The maximum Gasteiger partial charge on any atom is 0.227 e. The number of rotatable bonds is 8. The third-order valence-electron chi connectivity index (χ3n) is 5.13. The highest BCUT2D eigenvalue weighted by Crippen LogP contribution is 2.24. The molecular formula is C23H25N7O2. The van der Waals surface area contributed by atoms with E-state index in [9.17, 15) is 9.59 Å². The van der Waals surface area contributed by atoms with Crippen molar-refractivity contribution in [1.82, 2.24) is 20.3 Å². The summed E-state index contributed by atoms with van der Waals surface area (Å²) in [5.41, 5.74) is 1.92. The number of anilines is 4. The van der Waals surface area contributed by atoms with Crippen LogP contribution in [-0.2, 0) is 9.59 Å². The molecule has 2 aromatic heterocycles. The van der Waals surface area contributed by atoms with E-state index in [-0.39, 0.29) is 24.2 Å². The lowest BCUT2D eigenvalue weighted by atomic mass is 10.1. The van der Waals surface area contributed by atoms with Gasteiger partial charge in [0.25, 0.3) is 0 Å². The summed E-state index contributed by atoms with van der Waals surface area (Å²) in [5.74, 6) is 1.47. The predicted octanol–water partition coefficient (Wildman–Crippen LogP) is 2.50. The Labute approximate surface area is 186 Å². The van der Waals surface area contributed by atoms with Gasteiger partial charge in [-0.1, -0.05) is 18.2 Å². The number of carbonyl (C=O) groups excluding carboxylic acids is 2. The smallest absolute Gasteiger partial charge is 0.227 e. The first kappa shape index (κ1) is 21.2. The summed E-state index contributed by atoms with van der Waals surface area (Å²) in [5, 5.41) is 9.21. The monoisotopic (exact) mass is 431 g/mol. The number of hydrogen-bond donors (Lipinski definition) is 3. The molecule has 0 aliphatic carbocycles. The Bertz CT molecular complexity index is 1090. The van der Waals surface area contributed by atoms with E-state index in [1.54, 1.807) is 17.2 Å². The van der Waals surface area contributed by atoms with Crippen molar-refractivity contribution < 1.29 is 9.59 Å². The Balaban J connectivity index is 1.23. The Morgan fingerprint density at radius 2 is 1.81 bits per heavy atom. The van der Waals surface area contributed by atoms with Crippen LogP contribution in [-0.4, -0.2) is 46.4 Å². The zero-order valence-electron chi connectivity index (χ0n) is 17.8. The van der Waals surface area contributed by atoms with Gasteiger partial charge in [0.1, 0.15) is 23.8 Å². The Morgan fingerprint density at radius 1 is 1.03 bits per heavy atom. The molecule has 9 heteroatoms. The van der Waals surface area contributed by atoms with Crippen molar-refractivity contribution in [1.29, 1.82) is 0 Å². The molecular weight excluding hydrogens is 406 g/mol. The number of amides is 2. The third kappa shape index (κ3) is 5.37. The van der Waals surface area contributed by atoms with Crippen molar-refractivity contribution in [3.8, 4) is 0 Å². The van der Waals surface area contributed by atoms with Gasteiger partial charge in [-0.2, -0.15) is 0 Å². The first-order valence-corrected chi connectivity index (χ1v) is 10.5. The quantitative estimate of drug-likeness (QED) is 0.470. The molecule has 9 nitrogen and oxygen atoms in total. The molecule has 2 amide bonds. The molecule has 3 aromatic rings. The number of aromatic nitrogens is 3. The molecule has 1 aromatic carbocycles. The Hall–Kier alpha value is -4.01. The second-order valence-corrected chi connectivity index (χ2v) is 7.59. The fourth-order valence-corrected chi connectivity index (χ4v) is 3.52. The molecule has 1 saturated heterocycles.